The average molecular weight is 402 g/mol. The Balaban J connectivity index is 1.92. The van der Waals surface area contributed by atoms with E-state index < -0.39 is 23.4 Å². The van der Waals surface area contributed by atoms with Gasteiger partial charge in [-0.1, -0.05) is 18.2 Å². The number of rotatable bonds is 10. The lowest BCUT2D eigenvalue weighted by Gasteiger charge is -2.13. The van der Waals surface area contributed by atoms with Gasteiger partial charge in [-0.05, 0) is 26.0 Å². The summed E-state index contributed by atoms with van der Waals surface area (Å²) in [5.74, 6) is -0.243. The Labute approximate surface area is 167 Å². The van der Waals surface area contributed by atoms with Crippen molar-refractivity contribution in [3.63, 3.8) is 0 Å². The summed E-state index contributed by atoms with van der Waals surface area (Å²) < 4.78 is 15.9. The number of anilines is 1. The van der Waals surface area contributed by atoms with Gasteiger partial charge in [0, 0.05) is 23.4 Å². The third-order valence-electron chi connectivity index (χ3n) is 3.71. The second kappa shape index (κ2) is 10.6. The molecule has 2 aromatic rings. The molecule has 0 spiro atoms. The minimum Gasteiger partial charge on any atom is -0.490 e. The number of carbonyl (C=O) groups excluding carboxylic acids is 2. The molecular weight excluding hydrogens is 380 g/mol. The van der Waals surface area contributed by atoms with Crippen molar-refractivity contribution < 1.29 is 28.7 Å². The first kappa shape index (κ1) is 21.7. The second-order valence-electron chi connectivity index (χ2n) is 5.80. The van der Waals surface area contributed by atoms with Crippen molar-refractivity contribution >= 4 is 23.3 Å². The summed E-state index contributed by atoms with van der Waals surface area (Å²) in [7, 11) is 0. The van der Waals surface area contributed by atoms with Crippen LogP contribution in [0.15, 0.2) is 42.5 Å². The fraction of sp³-hybridized carbons (Fsp3) is 0.300. The number of hydrogen-bond acceptors (Lipinski definition) is 7. The van der Waals surface area contributed by atoms with Crippen LogP contribution >= 0.6 is 0 Å². The summed E-state index contributed by atoms with van der Waals surface area (Å²) in [6, 6.07) is 10.8. The van der Waals surface area contributed by atoms with Crippen molar-refractivity contribution in [3.8, 4) is 11.5 Å². The minimum absolute atomic E-state index is 0.174. The van der Waals surface area contributed by atoms with Gasteiger partial charge in [0.1, 0.15) is 0 Å². The number of para-hydroxylation sites is 1. The highest BCUT2D eigenvalue weighted by atomic mass is 16.6. The number of nitro benzene ring substituents is 1. The summed E-state index contributed by atoms with van der Waals surface area (Å²) >= 11 is 0. The van der Waals surface area contributed by atoms with E-state index in [1.807, 2.05) is 13.8 Å². The van der Waals surface area contributed by atoms with Crippen LogP contribution in [0.25, 0.3) is 0 Å². The van der Waals surface area contributed by atoms with Gasteiger partial charge in [-0.15, -0.1) is 0 Å². The topological polar surface area (TPSA) is 117 Å². The Kier molecular flexibility index (Phi) is 7.96. The maximum absolute atomic E-state index is 12.1. The van der Waals surface area contributed by atoms with Gasteiger partial charge in [0.25, 0.3) is 11.6 Å². The predicted molar refractivity (Wildman–Crippen MR) is 105 cm³/mol. The van der Waals surface area contributed by atoms with Gasteiger partial charge in [0.05, 0.1) is 24.6 Å². The van der Waals surface area contributed by atoms with E-state index in [1.165, 1.54) is 18.2 Å². The maximum atomic E-state index is 12.1. The summed E-state index contributed by atoms with van der Waals surface area (Å²) in [4.78, 5) is 34.4. The second-order valence-corrected chi connectivity index (χ2v) is 5.80. The van der Waals surface area contributed by atoms with Crippen LogP contribution in [-0.2, 0) is 20.7 Å². The Morgan fingerprint density at radius 3 is 2.41 bits per heavy atom. The highest BCUT2D eigenvalue weighted by Gasteiger charge is 2.17. The molecule has 0 saturated carbocycles. The first-order chi connectivity index (χ1) is 13.9. The van der Waals surface area contributed by atoms with E-state index in [2.05, 4.69) is 5.32 Å². The first-order valence-corrected chi connectivity index (χ1v) is 9.02. The van der Waals surface area contributed by atoms with Gasteiger partial charge in [0.15, 0.2) is 18.1 Å². The maximum Gasteiger partial charge on any atom is 0.311 e. The molecule has 0 atom stereocenters. The van der Waals surface area contributed by atoms with E-state index in [0.29, 0.717) is 30.4 Å². The number of amides is 1. The van der Waals surface area contributed by atoms with Crippen molar-refractivity contribution in [2.24, 2.45) is 0 Å². The monoisotopic (exact) mass is 402 g/mol. The van der Waals surface area contributed by atoms with E-state index in [9.17, 15) is 19.7 Å². The third kappa shape index (κ3) is 6.49. The van der Waals surface area contributed by atoms with Crippen LogP contribution in [0.2, 0.25) is 0 Å². The number of nitrogens with zero attached hydrogens (tertiary/aromatic N) is 1. The number of esters is 1. The Hall–Kier alpha value is -3.62. The zero-order valence-electron chi connectivity index (χ0n) is 16.2. The van der Waals surface area contributed by atoms with E-state index in [0.717, 1.165) is 0 Å². The molecule has 0 aliphatic rings. The Bertz CT molecular complexity index is 883. The summed E-state index contributed by atoms with van der Waals surface area (Å²) in [6.07, 6.45) is -0.304. The Morgan fingerprint density at radius 2 is 1.72 bits per heavy atom. The van der Waals surface area contributed by atoms with Crippen LogP contribution in [0.4, 0.5) is 11.4 Å². The summed E-state index contributed by atoms with van der Waals surface area (Å²) in [5, 5.41) is 13.6. The summed E-state index contributed by atoms with van der Waals surface area (Å²) in [5.41, 5.74) is 0.499. The highest BCUT2D eigenvalue weighted by molar-refractivity contribution is 5.93. The van der Waals surface area contributed by atoms with Gasteiger partial charge in [-0.25, -0.2) is 0 Å². The van der Waals surface area contributed by atoms with Crippen LogP contribution < -0.4 is 14.8 Å². The van der Waals surface area contributed by atoms with Crippen LogP contribution in [0.3, 0.4) is 0 Å². The molecule has 0 fully saturated rings. The third-order valence-corrected chi connectivity index (χ3v) is 3.71. The molecule has 0 saturated heterocycles. The molecule has 1 amide bonds. The smallest absolute Gasteiger partial charge is 0.311 e. The fourth-order valence-electron chi connectivity index (χ4n) is 2.52. The van der Waals surface area contributed by atoms with Crippen molar-refractivity contribution in [2.45, 2.75) is 20.3 Å². The lowest BCUT2D eigenvalue weighted by atomic mass is 10.1. The molecule has 0 bridgehead atoms. The average Bonchev–Trinajstić information content (AvgIpc) is 2.69. The fourth-order valence-corrected chi connectivity index (χ4v) is 2.52. The van der Waals surface area contributed by atoms with Crippen molar-refractivity contribution in [1.29, 1.82) is 0 Å². The Morgan fingerprint density at radius 1 is 1.03 bits per heavy atom. The SMILES string of the molecule is CCOc1ccc(NC(=O)COC(=O)Cc2ccccc2[N+](=O)[O-])cc1OCC. The van der Waals surface area contributed by atoms with Crippen LogP contribution in [0, 0.1) is 10.1 Å². The molecule has 0 unspecified atom stereocenters. The molecule has 2 rings (SSSR count). The van der Waals surface area contributed by atoms with Crippen molar-refractivity contribution in [1.82, 2.24) is 0 Å². The molecular formula is C20H22N2O7. The van der Waals surface area contributed by atoms with Crippen molar-refractivity contribution in [2.75, 3.05) is 25.1 Å². The van der Waals surface area contributed by atoms with Crippen LogP contribution in [0.5, 0.6) is 11.5 Å². The number of benzene rings is 2. The molecule has 9 heteroatoms. The van der Waals surface area contributed by atoms with Crippen LogP contribution in [-0.4, -0.2) is 36.6 Å². The van der Waals surface area contributed by atoms with E-state index in [4.69, 9.17) is 14.2 Å². The van der Waals surface area contributed by atoms with E-state index in [1.54, 1.807) is 24.3 Å². The van der Waals surface area contributed by atoms with Gasteiger partial charge in [0.2, 0.25) is 0 Å². The molecule has 0 heterocycles. The number of hydrogen-bond donors (Lipinski definition) is 1. The number of nitrogens with one attached hydrogen (secondary N) is 1. The molecule has 0 aliphatic carbocycles. The van der Waals surface area contributed by atoms with Gasteiger partial charge < -0.3 is 19.5 Å². The van der Waals surface area contributed by atoms with E-state index in [-0.39, 0.29) is 17.7 Å². The zero-order chi connectivity index (χ0) is 21.2. The quantitative estimate of drug-likeness (QED) is 0.369. The largest absolute Gasteiger partial charge is 0.490 e. The van der Waals surface area contributed by atoms with E-state index >= 15 is 0 Å². The molecule has 2 aromatic carbocycles. The van der Waals surface area contributed by atoms with Gasteiger partial charge >= 0.3 is 5.97 Å². The van der Waals surface area contributed by atoms with Crippen LogP contribution in [0.1, 0.15) is 19.4 Å². The standard InChI is InChI=1S/C20H22N2O7/c1-3-27-17-10-9-15(12-18(17)28-4-2)21-19(23)13-29-20(24)11-14-7-5-6-8-16(14)22(25)26/h5-10,12H,3-4,11,13H2,1-2H3,(H,21,23). The molecule has 29 heavy (non-hydrogen) atoms. The first-order valence-electron chi connectivity index (χ1n) is 9.02. The molecule has 0 aliphatic heterocycles. The molecule has 154 valence electrons. The molecule has 1 N–H and O–H groups in total. The normalized spacial score (nSPS) is 10.1. The number of nitro groups is 1. The lowest BCUT2D eigenvalue weighted by molar-refractivity contribution is -0.385. The van der Waals surface area contributed by atoms with Gasteiger partial charge in [-0.2, -0.15) is 0 Å². The van der Waals surface area contributed by atoms with Crippen molar-refractivity contribution in [3.05, 3.63) is 58.1 Å². The zero-order valence-corrected chi connectivity index (χ0v) is 16.2. The molecule has 9 nitrogen and oxygen atoms in total. The summed E-state index contributed by atoms with van der Waals surface area (Å²) in [6.45, 7) is 4.07. The highest BCUT2D eigenvalue weighted by Crippen LogP contribution is 2.30. The minimum atomic E-state index is -0.740. The molecule has 0 aromatic heterocycles. The van der Waals surface area contributed by atoms with Gasteiger partial charge in [-0.3, -0.25) is 19.7 Å². The lowest BCUT2D eigenvalue weighted by Crippen LogP contribution is -2.21. The predicted octanol–water partition coefficient (Wildman–Crippen LogP) is 3.12. The number of carbonyl (C=O) groups is 2. The number of ether oxygens (including phenoxy) is 3. The molecule has 0 radical (unpaired) electrons.